The van der Waals surface area contributed by atoms with Crippen LogP contribution in [0.5, 0.6) is 0 Å². The maximum atomic E-state index is 13.2. The third-order valence-corrected chi connectivity index (χ3v) is 5.93. The molecule has 2 aliphatic rings. The number of aromatic nitrogens is 2. The number of hydrogen-bond donors (Lipinski definition) is 2. The standard InChI is InChI=1S/C24H26F3N5/c1-14(17-7-5-9-19(11-17)24(25,26)27)29-23-21-12-20(18-8-6-10-28-13-18)16(3)32(4)22(21)15(2)30-31-23/h5,7-9,11-12,14,28H,3,6,10,13H2,1-2,4H3,(H,29,31). The van der Waals surface area contributed by atoms with E-state index in [2.05, 4.69) is 39.6 Å². The van der Waals surface area contributed by atoms with Crippen LogP contribution >= 0.6 is 0 Å². The van der Waals surface area contributed by atoms with E-state index in [0.717, 1.165) is 53.8 Å². The van der Waals surface area contributed by atoms with E-state index in [1.54, 1.807) is 6.07 Å². The van der Waals surface area contributed by atoms with Gasteiger partial charge in [-0.15, -0.1) is 5.10 Å². The van der Waals surface area contributed by atoms with E-state index in [0.29, 0.717) is 11.4 Å². The van der Waals surface area contributed by atoms with Gasteiger partial charge < -0.3 is 15.5 Å². The summed E-state index contributed by atoms with van der Waals surface area (Å²) in [6.45, 7) is 9.68. The summed E-state index contributed by atoms with van der Waals surface area (Å²) in [4.78, 5) is 2.00. The van der Waals surface area contributed by atoms with E-state index in [1.807, 2.05) is 25.8 Å². The monoisotopic (exact) mass is 441 g/mol. The number of rotatable bonds is 4. The molecule has 2 aliphatic heterocycles. The molecule has 1 unspecified atom stereocenters. The van der Waals surface area contributed by atoms with Crippen molar-refractivity contribution in [3.8, 4) is 0 Å². The molecule has 0 fully saturated rings. The van der Waals surface area contributed by atoms with Crippen LogP contribution in [0.2, 0.25) is 0 Å². The van der Waals surface area contributed by atoms with Crippen molar-refractivity contribution in [3.05, 3.63) is 76.1 Å². The van der Waals surface area contributed by atoms with Gasteiger partial charge in [-0.3, -0.25) is 0 Å². The Hall–Kier alpha value is -3.13. The van der Waals surface area contributed by atoms with Crippen molar-refractivity contribution in [2.45, 2.75) is 32.5 Å². The molecule has 2 N–H and O–H groups in total. The molecule has 1 atom stereocenters. The van der Waals surface area contributed by atoms with Crippen LogP contribution in [-0.4, -0.2) is 30.3 Å². The lowest BCUT2D eigenvalue weighted by Crippen LogP contribution is -2.29. The van der Waals surface area contributed by atoms with Gasteiger partial charge in [-0.2, -0.15) is 18.3 Å². The number of likely N-dealkylation sites (N-methyl/N-ethyl adjacent to an activating group) is 1. The van der Waals surface area contributed by atoms with E-state index < -0.39 is 17.8 Å². The van der Waals surface area contributed by atoms with Gasteiger partial charge in [0.15, 0.2) is 5.82 Å². The van der Waals surface area contributed by atoms with Crippen molar-refractivity contribution < 1.29 is 13.2 Å². The lowest BCUT2D eigenvalue weighted by molar-refractivity contribution is -0.137. The predicted molar refractivity (Wildman–Crippen MR) is 121 cm³/mol. The molecule has 3 heterocycles. The first-order chi connectivity index (χ1) is 15.2. The van der Waals surface area contributed by atoms with Crippen molar-refractivity contribution in [3.63, 3.8) is 0 Å². The highest BCUT2D eigenvalue weighted by atomic mass is 19.4. The van der Waals surface area contributed by atoms with Crippen LogP contribution < -0.4 is 15.5 Å². The first kappa shape index (κ1) is 22.1. The lowest BCUT2D eigenvalue weighted by Gasteiger charge is -2.33. The van der Waals surface area contributed by atoms with Crippen molar-refractivity contribution in [1.82, 2.24) is 15.5 Å². The van der Waals surface area contributed by atoms with Gasteiger partial charge in [0.1, 0.15) is 0 Å². The van der Waals surface area contributed by atoms with Crippen LogP contribution in [-0.2, 0) is 6.18 Å². The average Bonchev–Trinajstić information content (AvgIpc) is 2.77. The maximum absolute atomic E-state index is 13.2. The first-order valence-corrected chi connectivity index (χ1v) is 10.5. The predicted octanol–water partition coefficient (Wildman–Crippen LogP) is 5.24. The van der Waals surface area contributed by atoms with E-state index in [9.17, 15) is 13.2 Å². The van der Waals surface area contributed by atoms with Crippen LogP contribution in [0, 0.1) is 6.92 Å². The van der Waals surface area contributed by atoms with Crippen molar-refractivity contribution in [2.75, 3.05) is 30.4 Å². The molecule has 0 saturated carbocycles. The number of benzene rings is 1. The Balaban J connectivity index is 1.73. The fourth-order valence-corrected chi connectivity index (χ4v) is 4.14. The minimum atomic E-state index is -4.39. The second-order valence-corrected chi connectivity index (χ2v) is 8.14. The number of aryl methyl sites for hydroxylation is 1. The fourth-order valence-electron chi connectivity index (χ4n) is 4.14. The topological polar surface area (TPSA) is 53.1 Å². The zero-order valence-corrected chi connectivity index (χ0v) is 18.3. The minimum absolute atomic E-state index is 0.402. The Morgan fingerprint density at radius 3 is 2.72 bits per heavy atom. The van der Waals surface area contributed by atoms with Gasteiger partial charge in [0.05, 0.1) is 23.0 Å². The highest BCUT2D eigenvalue weighted by Crippen LogP contribution is 2.41. The SMILES string of the molecule is C=C1C(C2=CCCNC2)=Cc2c(NC(C)c3cccc(C(F)(F)F)c3)nnc(C)c2N1C. The van der Waals surface area contributed by atoms with E-state index in [-0.39, 0.29) is 0 Å². The number of nitrogens with zero attached hydrogens (tertiary/aromatic N) is 3. The van der Waals surface area contributed by atoms with Gasteiger partial charge in [-0.1, -0.05) is 24.8 Å². The van der Waals surface area contributed by atoms with E-state index in [4.69, 9.17) is 0 Å². The van der Waals surface area contributed by atoms with Crippen LogP contribution in [0.4, 0.5) is 24.7 Å². The molecular weight excluding hydrogens is 415 g/mol. The molecule has 168 valence electrons. The molecule has 1 aromatic carbocycles. The van der Waals surface area contributed by atoms with Crippen LogP contribution in [0.15, 0.2) is 53.8 Å². The molecule has 5 nitrogen and oxygen atoms in total. The molecule has 0 aliphatic carbocycles. The van der Waals surface area contributed by atoms with Crippen molar-refractivity contribution >= 4 is 17.6 Å². The summed E-state index contributed by atoms with van der Waals surface area (Å²) in [6.07, 6.45) is 0.828. The fraction of sp³-hybridized carbons (Fsp3) is 0.333. The van der Waals surface area contributed by atoms with Gasteiger partial charge in [0.2, 0.25) is 0 Å². The number of fused-ring (bicyclic) bond motifs is 1. The van der Waals surface area contributed by atoms with Crippen LogP contribution in [0.25, 0.3) is 6.08 Å². The molecule has 1 aromatic heterocycles. The summed E-state index contributed by atoms with van der Waals surface area (Å²) in [6, 6.07) is 4.94. The van der Waals surface area contributed by atoms with Gasteiger partial charge >= 0.3 is 6.18 Å². The average molecular weight is 442 g/mol. The molecule has 0 amide bonds. The summed E-state index contributed by atoms with van der Waals surface area (Å²) >= 11 is 0. The Morgan fingerprint density at radius 2 is 2.03 bits per heavy atom. The van der Waals surface area contributed by atoms with Crippen LogP contribution in [0.1, 0.15) is 41.8 Å². The number of halogens is 3. The lowest BCUT2D eigenvalue weighted by atomic mass is 9.92. The van der Waals surface area contributed by atoms with Gasteiger partial charge in [-0.05, 0) is 56.2 Å². The van der Waals surface area contributed by atoms with Crippen molar-refractivity contribution in [1.29, 1.82) is 0 Å². The summed E-state index contributed by atoms with van der Waals surface area (Å²) in [5.41, 5.74) is 5.42. The van der Waals surface area contributed by atoms with E-state index >= 15 is 0 Å². The normalized spacial score (nSPS) is 17.4. The quantitative estimate of drug-likeness (QED) is 0.679. The third kappa shape index (κ3) is 4.14. The Labute approximate surface area is 185 Å². The Kier molecular flexibility index (Phi) is 5.81. The molecule has 32 heavy (non-hydrogen) atoms. The zero-order valence-electron chi connectivity index (χ0n) is 18.3. The molecule has 8 heteroatoms. The second kappa shape index (κ2) is 8.43. The molecular formula is C24H26F3N5. The Bertz CT molecular complexity index is 1120. The van der Waals surface area contributed by atoms with Gasteiger partial charge in [-0.25, -0.2) is 0 Å². The highest BCUT2D eigenvalue weighted by molar-refractivity contribution is 5.87. The van der Waals surface area contributed by atoms with Crippen LogP contribution in [0.3, 0.4) is 0 Å². The Morgan fingerprint density at radius 1 is 1.25 bits per heavy atom. The summed E-state index contributed by atoms with van der Waals surface area (Å²) < 4.78 is 39.5. The summed E-state index contributed by atoms with van der Waals surface area (Å²) in [5, 5.41) is 15.3. The number of allylic oxidation sites excluding steroid dienone is 1. The van der Waals surface area contributed by atoms with Gasteiger partial charge in [0, 0.05) is 30.4 Å². The highest BCUT2D eigenvalue weighted by Gasteiger charge is 2.31. The smallest absolute Gasteiger partial charge is 0.361 e. The number of anilines is 2. The van der Waals surface area contributed by atoms with Crippen molar-refractivity contribution in [2.24, 2.45) is 0 Å². The first-order valence-electron chi connectivity index (χ1n) is 10.5. The molecule has 0 saturated heterocycles. The molecule has 0 spiro atoms. The largest absolute Gasteiger partial charge is 0.416 e. The molecule has 0 radical (unpaired) electrons. The number of alkyl halides is 3. The zero-order chi connectivity index (χ0) is 23.0. The number of hydrogen-bond acceptors (Lipinski definition) is 5. The van der Waals surface area contributed by atoms with E-state index in [1.165, 1.54) is 17.7 Å². The molecule has 4 rings (SSSR count). The summed E-state index contributed by atoms with van der Waals surface area (Å²) in [5.74, 6) is 0.525. The third-order valence-electron chi connectivity index (χ3n) is 5.93. The summed E-state index contributed by atoms with van der Waals surface area (Å²) in [7, 11) is 1.94. The molecule has 0 bridgehead atoms. The van der Waals surface area contributed by atoms with Gasteiger partial charge in [0.25, 0.3) is 0 Å². The minimum Gasteiger partial charge on any atom is -0.361 e. The second-order valence-electron chi connectivity index (χ2n) is 8.14. The number of nitrogens with one attached hydrogen (secondary N) is 2. The molecule has 2 aromatic rings. The maximum Gasteiger partial charge on any atom is 0.416 e.